The molecule has 2 aromatic heterocycles. The number of nitrogens with one attached hydrogen (secondary N) is 1. The van der Waals surface area contributed by atoms with Crippen LogP contribution in [0.1, 0.15) is 11.3 Å². The van der Waals surface area contributed by atoms with E-state index in [-0.39, 0.29) is 0 Å². The number of rotatable bonds is 3. The maximum absolute atomic E-state index is 5.64. The standard InChI is InChI=1S/C14H14BrN5/c1-9-3-2-4-10(7-9)17-12-5-6-13-18-11(8-16)14(15)20(13)19-12/h2-7H,8,16H2,1H3,(H,17,19). The molecule has 0 radical (unpaired) electrons. The van der Waals surface area contributed by atoms with Crippen LogP contribution in [0.2, 0.25) is 0 Å². The molecule has 0 unspecified atom stereocenters. The number of aromatic nitrogens is 3. The number of nitrogens with zero attached hydrogens (tertiary/aromatic N) is 3. The highest BCUT2D eigenvalue weighted by atomic mass is 79.9. The number of hydrogen-bond acceptors (Lipinski definition) is 4. The Morgan fingerprint density at radius 3 is 2.90 bits per heavy atom. The van der Waals surface area contributed by atoms with Crippen molar-refractivity contribution in [2.75, 3.05) is 5.32 Å². The van der Waals surface area contributed by atoms with Crippen molar-refractivity contribution in [3.8, 4) is 0 Å². The molecular weight excluding hydrogens is 318 g/mol. The Bertz CT molecular complexity index is 765. The fraction of sp³-hybridized carbons (Fsp3) is 0.143. The minimum absolute atomic E-state index is 0.380. The van der Waals surface area contributed by atoms with Crippen LogP contribution in [0.5, 0.6) is 0 Å². The van der Waals surface area contributed by atoms with E-state index >= 15 is 0 Å². The van der Waals surface area contributed by atoms with Gasteiger partial charge in [-0.3, -0.25) is 0 Å². The summed E-state index contributed by atoms with van der Waals surface area (Å²) in [4.78, 5) is 4.39. The number of fused-ring (bicyclic) bond motifs is 1. The Labute approximate surface area is 125 Å². The molecule has 0 aliphatic carbocycles. The van der Waals surface area contributed by atoms with E-state index in [4.69, 9.17) is 5.73 Å². The first kappa shape index (κ1) is 13.1. The zero-order chi connectivity index (χ0) is 14.1. The summed E-state index contributed by atoms with van der Waals surface area (Å²) >= 11 is 3.47. The summed E-state index contributed by atoms with van der Waals surface area (Å²) in [5.41, 5.74) is 9.42. The van der Waals surface area contributed by atoms with Gasteiger partial charge in [-0.2, -0.15) is 0 Å². The molecule has 2 heterocycles. The van der Waals surface area contributed by atoms with E-state index in [1.807, 2.05) is 24.3 Å². The Morgan fingerprint density at radius 2 is 2.15 bits per heavy atom. The summed E-state index contributed by atoms with van der Waals surface area (Å²) in [7, 11) is 0. The van der Waals surface area contributed by atoms with E-state index in [0.29, 0.717) is 6.54 Å². The zero-order valence-electron chi connectivity index (χ0n) is 11.0. The van der Waals surface area contributed by atoms with Crippen LogP contribution in [0.4, 0.5) is 11.5 Å². The van der Waals surface area contributed by atoms with Gasteiger partial charge in [0.25, 0.3) is 0 Å². The van der Waals surface area contributed by atoms with Crippen LogP contribution >= 0.6 is 15.9 Å². The third-order valence-electron chi connectivity index (χ3n) is 2.97. The molecule has 0 saturated heterocycles. The normalized spacial score (nSPS) is 10.9. The van der Waals surface area contributed by atoms with Gasteiger partial charge in [0.15, 0.2) is 11.5 Å². The predicted octanol–water partition coefficient (Wildman–Crippen LogP) is 3.00. The Hall–Kier alpha value is -1.92. The van der Waals surface area contributed by atoms with E-state index in [1.165, 1.54) is 5.56 Å². The van der Waals surface area contributed by atoms with Gasteiger partial charge in [0.2, 0.25) is 0 Å². The highest BCUT2D eigenvalue weighted by Crippen LogP contribution is 2.20. The van der Waals surface area contributed by atoms with Gasteiger partial charge in [-0.1, -0.05) is 12.1 Å². The number of nitrogens with two attached hydrogens (primary N) is 1. The van der Waals surface area contributed by atoms with Crippen LogP contribution in [0.3, 0.4) is 0 Å². The van der Waals surface area contributed by atoms with Crippen molar-refractivity contribution in [2.24, 2.45) is 5.73 Å². The van der Waals surface area contributed by atoms with E-state index in [0.717, 1.165) is 27.4 Å². The lowest BCUT2D eigenvalue weighted by atomic mass is 10.2. The van der Waals surface area contributed by atoms with Crippen LogP contribution < -0.4 is 11.1 Å². The maximum Gasteiger partial charge on any atom is 0.155 e. The molecule has 1 aromatic carbocycles. The minimum atomic E-state index is 0.380. The van der Waals surface area contributed by atoms with Crippen molar-refractivity contribution >= 4 is 33.1 Å². The Balaban J connectivity index is 1.98. The van der Waals surface area contributed by atoms with Crippen molar-refractivity contribution in [3.05, 3.63) is 52.3 Å². The highest BCUT2D eigenvalue weighted by Gasteiger charge is 2.09. The van der Waals surface area contributed by atoms with Gasteiger partial charge >= 0.3 is 0 Å². The molecule has 0 aliphatic rings. The van der Waals surface area contributed by atoms with Crippen LogP contribution in [-0.2, 0) is 6.54 Å². The fourth-order valence-electron chi connectivity index (χ4n) is 2.02. The van der Waals surface area contributed by atoms with Gasteiger partial charge in [0.1, 0.15) is 4.60 Å². The Morgan fingerprint density at radius 1 is 1.30 bits per heavy atom. The minimum Gasteiger partial charge on any atom is -0.339 e. The molecule has 20 heavy (non-hydrogen) atoms. The Kier molecular flexibility index (Phi) is 3.42. The largest absolute Gasteiger partial charge is 0.339 e. The van der Waals surface area contributed by atoms with Crippen molar-refractivity contribution in [3.63, 3.8) is 0 Å². The fourth-order valence-corrected chi connectivity index (χ4v) is 2.53. The van der Waals surface area contributed by atoms with Crippen LogP contribution in [0.15, 0.2) is 41.0 Å². The second kappa shape index (κ2) is 5.22. The van der Waals surface area contributed by atoms with Crippen LogP contribution in [0, 0.1) is 6.92 Å². The molecule has 0 amide bonds. The molecule has 102 valence electrons. The van der Waals surface area contributed by atoms with Gasteiger partial charge in [-0.05, 0) is 52.7 Å². The van der Waals surface area contributed by atoms with Gasteiger partial charge in [-0.25, -0.2) is 9.50 Å². The maximum atomic E-state index is 5.64. The van der Waals surface area contributed by atoms with Crippen molar-refractivity contribution in [1.82, 2.24) is 14.6 Å². The summed E-state index contributed by atoms with van der Waals surface area (Å²) in [6.07, 6.45) is 0. The zero-order valence-corrected chi connectivity index (χ0v) is 12.6. The number of anilines is 2. The quantitative estimate of drug-likeness (QED) is 0.774. The lowest BCUT2D eigenvalue weighted by Crippen LogP contribution is -2.00. The number of aryl methyl sites for hydroxylation is 1. The summed E-state index contributed by atoms with van der Waals surface area (Å²) < 4.78 is 2.53. The first-order chi connectivity index (χ1) is 9.67. The average molecular weight is 332 g/mol. The monoisotopic (exact) mass is 331 g/mol. The molecule has 5 nitrogen and oxygen atoms in total. The molecule has 3 rings (SSSR count). The summed E-state index contributed by atoms with van der Waals surface area (Å²) in [5, 5.41) is 7.79. The topological polar surface area (TPSA) is 68.2 Å². The van der Waals surface area contributed by atoms with E-state index in [2.05, 4.69) is 50.4 Å². The molecule has 0 atom stereocenters. The number of imidazole rings is 1. The van der Waals surface area contributed by atoms with Crippen molar-refractivity contribution < 1.29 is 0 Å². The lowest BCUT2D eigenvalue weighted by Gasteiger charge is -2.06. The summed E-state index contributed by atoms with van der Waals surface area (Å²) in [6.45, 7) is 2.44. The van der Waals surface area contributed by atoms with Gasteiger partial charge in [0, 0.05) is 12.2 Å². The van der Waals surface area contributed by atoms with Gasteiger partial charge < -0.3 is 11.1 Å². The molecule has 0 spiro atoms. The van der Waals surface area contributed by atoms with E-state index in [1.54, 1.807) is 4.52 Å². The average Bonchev–Trinajstić information content (AvgIpc) is 2.75. The van der Waals surface area contributed by atoms with Crippen LogP contribution in [0.25, 0.3) is 5.65 Å². The van der Waals surface area contributed by atoms with E-state index < -0.39 is 0 Å². The van der Waals surface area contributed by atoms with Crippen molar-refractivity contribution in [2.45, 2.75) is 13.5 Å². The molecule has 0 aliphatic heterocycles. The van der Waals surface area contributed by atoms with Crippen molar-refractivity contribution in [1.29, 1.82) is 0 Å². The second-order valence-corrected chi connectivity index (χ2v) is 5.29. The third-order valence-corrected chi connectivity index (χ3v) is 3.77. The third kappa shape index (κ3) is 2.39. The molecule has 0 fully saturated rings. The number of benzene rings is 1. The molecular formula is C14H14BrN5. The first-order valence-electron chi connectivity index (χ1n) is 6.25. The summed E-state index contributed by atoms with van der Waals surface area (Å²) in [5.74, 6) is 0.754. The SMILES string of the molecule is Cc1cccc(Nc2ccc3nc(CN)c(Br)n3n2)c1. The molecule has 3 aromatic rings. The molecule has 3 N–H and O–H groups in total. The van der Waals surface area contributed by atoms with E-state index in [9.17, 15) is 0 Å². The first-order valence-corrected chi connectivity index (χ1v) is 7.04. The molecule has 0 saturated carbocycles. The number of hydrogen-bond donors (Lipinski definition) is 2. The predicted molar refractivity (Wildman–Crippen MR) is 83.0 cm³/mol. The van der Waals surface area contributed by atoms with Gasteiger partial charge in [0.05, 0.1) is 5.69 Å². The second-order valence-electron chi connectivity index (χ2n) is 4.54. The highest BCUT2D eigenvalue weighted by molar-refractivity contribution is 9.10. The molecule has 6 heteroatoms. The van der Waals surface area contributed by atoms with Crippen LogP contribution in [-0.4, -0.2) is 14.6 Å². The smallest absolute Gasteiger partial charge is 0.155 e. The summed E-state index contributed by atoms with van der Waals surface area (Å²) in [6, 6.07) is 12.0. The number of halogens is 1. The molecule has 0 bridgehead atoms. The van der Waals surface area contributed by atoms with Gasteiger partial charge in [-0.15, -0.1) is 5.10 Å². The lowest BCUT2D eigenvalue weighted by molar-refractivity contribution is 0.909.